The molecule has 0 radical (unpaired) electrons. The van der Waals surface area contributed by atoms with E-state index in [1.807, 2.05) is 24.3 Å². The summed E-state index contributed by atoms with van der Waals surface area (Å²) in [4.78, 5) is 27.5. The number of nitro benzene ring substituents is 1. The van der Waals surface area contributed by atoms with Crippen LogP contribution in [0, 0.1) is 10.1 Å². The molecule has 0 aliphatic heterocycles. The fourth-order valence-corrected chi connectivity index (χ4v) is 3.87. The van der Waals surface area contributed by atoms with Crippen LogP contribution >= 0.6 is 23.8 Å². The molecule has 0 saturated carbocycles. The van der Waals surface area contributed by atoms with Crippen LogP contribution in [0.2, 0.25) is 5.02 Å². The Kier molecular flexibility index (Phi) is 7.09. The summed E-state index contributed by atoms with van der Waals surface area (Å²) in [5, 5.41) is 16.5. The van der Waals surface area contributed by atoms with Crippen LogP contribution in [0.5, 0.6) is 0 Å². The average molecular weight is 509 g/mol. The van der Waals surface area contributed by atoms with E-state index in [-0.39, 0.29) is 21.4 Å². The number of anilines is 1. The number of aromatic nitrogens is 1. The Morgan fingerprint density at radius 1 is 1.20 bits per heavy atom. The third-order valence-electron chi connectivity index (χ3n) is 5.59. The number of rotatable bonds is 6. The first-order chi connectivity index (χ1) is 16.7. The molecule has 0 fully saturated rings. The number of carbonyl (C=O) groups excluding carboxylic acids is 1. The van der Waals surface area contributed by atoms with Crippen LogP contribution in [0.4, 0.5) is 11.4 Å². The van der Waals surface area contributed by atoms with E-state index in [0.717, 1.165) is 23.6 Å². The van der Waals surface area contributed by atoms with E-state index < -0.39 is 10.8 Å². The van der Waals surface area contributed by atoms with Gasteiger partial charge in [0.1, 0.15) is 10.5 Å². The maximum atomic E-state index is 12.5. The molecule has 3 aromatic carbocycles. The van der Waals surface area contributed by atoms with Gasteiger partial charge in [-0.1, -0.05) is 37.6 Å². The number of halogens is 1. The lowest BCUT2D eigenvalue weighted by atomic mass is 9.98. The van der Waals surface area contributed by atoms with Crippen LogP contribution in [0.1, 0.15) is 42.1 Å². The van der Waals surface area contributed by atoms with Crippen molar-refractivity contribution < 1.29 is 14.1 Å². The van der Waals surface area contributed by atoms with Crippen molar-refractivity contribution in [2.75, 3.05) is 5.32 Å². The van der Waals surface area contributed by atoms with Gasteiger partial charge in [-0.05, 0) is 72.6 Å². The lowest BCUT2D eigenvalue weighted by Gasteiger charge is -2.10. The van der Waals surface area contributed by atoms with Crippen LogP contribution in [0.15, 0.2) is 65.1 Å². The number of amides is 1. The minimum absolute atomic E-state index is 0.0283. The quantitative estimate of drug-likeness (QED) is 0.169. The molecule has 1 atom stereocenters. The maximum absolute atomic E-state index is 12.5. The first kappa shape index (κ1) is 24.3. The second-order valence-electron chi connectivity index (χ2n) is 7.97. The van der Waals surface area contributed by atoms with Crippen molar-refractivity contribution in [3.8, 4) is 11.5 Å². The van der Waals surface area contributed by atoms with E-state index >= 15 is 0 Å². The molecule has 0 aliphatic carbocycles. The normalized spacial score (nSPS) is 11.7. The predicted molar refractivity (Wildman–Crippen MR) is 140 cm³/mol. The van der Waals surface area contributed by atoms with Crippen LogP contribution in [0.3, 0.4) is 0 Å². The lowest BCUT2D eigenvalue weighted by molar-refractivity contribution is -0.384. The maximum Gasteiger partial charge on any atom is 0.288 e. The molecule has 0 unspecified atom stereocenters. The number of nitrogens with one attached hydrogen (secondary N) is 2. The number of oxazole rings is 1. The minimum atomic E-state index is -0.654. The summed E-state index contributed by atoms with van der Waals surface area (Å²) in [5.74, 6) is 0.296. The Labute approximate surface area is 211 Å². The lowest BCUT2D eigenvalue weighted by Crippen LogP contribution is -2.34. The zero-order valence-corrected chi connectivity index (χ0v) is 20.4. The number of thiocarbonyl (C=S) groups is 1. The van der Waals surface area contributed by atoms with E-state index in [1.165, 1.54) is 17.7 Å². The molecule has 4 rings (SSSR count). The number of hydrogen-bond acceptors (Lipinski definition) is 6. The number of fused-ring (bicyclic) bond motifs is 1. The largest absolute Gasteiger partial charge is 0.436 e. The van der Waals surface area contributed by atoms with Gasteiger partial charge in [0.25, 0.3) is 11.6 Å². The van der Waals surface area contributed by atoms with E-state index in [1.54, 1.807) is 12.1 Å². The number of nitro groups is 1. The van der Waals surface area contributed by atoms with Crippen molar-refractivity contribution in [2.45, 2.75) is 26.2 Å². The Morgan fingerprint density at radius 2 is 2.00 bits per heavy atom. The monoisotopic (exact) mass is 508 g/mol. The molecule has 2 N–H and O–H groups in total. The van der Waals surface area contributed by atoms with Crippen molar-refractivity contribution in [3.05, 3.63) is 86.9 Å². The third kappa shape index (κ3) is 5.47. The summed E-state index contributed by atoms with van der Waals surface area (Å²) >= 11 is 11.0. The highest BCUT2D eigenvalue weighted by Gasteiger charge is 2.17. The fourth-order valence-electron chi connectivity index (χ4n) is 3.47. The summed E-state index contributed by atoms with van der Waals surface area (Å²) < 4.78 is 5.94. The molecule has 0 spiro atoms. The van der Waals surface area contributed by atoms with Gasteiger partial charge in [0.15, 0.2) is 10.7 Å². The van der Waals surface area contributed by atoms with Crippen LogP contribution < -0.4 is 10.6 Å². The van der Waals surface area contributed by atoms with Crippen LogP contribution in [0.25, 0.3) is 22.6 Å². The smallest absolute Gasteiger partial charge is 0.288 e. The van der Waals surface area contributed by atoms with Crippen LogP contribution in [-0.2, 0) is 0 Å². The number of hydrogen-bond donors (Lipinski definition) is 2. The van der Waals surface area contributed by atoms with Crippen LogP contribution in [-0.4, -0.2) is 20.9 Å². The number of nitrogens with zero attached hydrogens (tertiary/aromatic N) is 2. The average Bonchev–Trinajstić information content (AvgIpc) is 3.27. The molecule has 178 valence electrons. The van der Waals surface area contributed by atoms with Gasteiger partial charge < -0.3 is 9.73 Å². The molecule has 35 heavy (non-hydrogen) atoms. The molecule has 1 heterocycles. The summed E-state index contributed by atoms with van der Waals surface area (Å²) in [7, 11) is 0. The zero-order chi connectivity index (χ0) is 25.1. The van der Waals surface area contributed by atoms with Crippen molar-refractivity contribution in [1.29, 1.82) is 0 Å². The molecule has 1 aromatic heterocycles. The van der Waals surface area contributed by atoms with Gasteiger partial charge in [0, 0.05) is 22.9 Å². The second-order valence-corrected chi connectivity index (χ2v) is 8.78. The highest BCUT2D eigenvalue weighted by molar-refractivity contribution is 7.80. The van der Waals surface area contributed by atoms with Crippen molar-refractivity contribution in [3.63, 3.8) is 0 Å². The Bertz CT molecular complexity index is 1450. The van der Waals surface area contributed by atoms with Crippen molar-refractivity contribution >= 4 is 57.3 Å². The van der Waals surface area contributed by atoms with E-state index in [0.29, 0.717) is 23.1 Å². The first-order valence-electron chi connectivity index (χ1n) is 10.8. The van der Waals surface area contributed by atoms with Gasteiger partial charge in [-0.2, -0.15) is 0 Å². The van der Waals surface area contributed by atoms with Gasteiger partial charge in [-0.3, -0.25) is 20.2 Å². The van der Waals surface area contributed by atoms with E-state index in [2.05, 4.69) is 35.5 Å². The number of benzene rings is 3. The number of carbonyl (C=O) groups is 1. The fraction of sp³-hybridized carbons (Fsp3) is 0.160. The van der Waals surface area contributed by atoms with Gasteiger partial charge in [0.2, 0.25) is 5.89 Å². The molecular formula is C25H21ClN4O4S. The van der Waals surface area contributed by atoms with Crippen molar-refractivity contribution in [2.24, 2.45) is 0 Å². The molecule has 8 nitrogen and oxygen atoms in total. The Balaban J connectivity index is 1.48. The summed E-state index contributed by atoms with van der Waals surface area (Å²) in [5.41, 5.74) is 3.74. The summed E-state index contributed by atoms with van der Waals surface area (Å²) in [6, 6.07) is 17.1. The zero-order valence-electron chi connectivity index (χ0n) is 18.9. The van der Waals surface area contributed by atoms with E-state index in [9.17, 15) is 14.9 Å². The van der Waals surface area contributed by atoms with E-state index in [4.69, 9.17) is 28.2 Å². The molecule has 1 amide bonds. The SMILES string of the molecule is CC[C@H](C)c1ccc2oc(-c3cccc(NC(=S)NC(=O)c4ccc(Cl)c([N+](=O)[O-])c4)c3)nc2c1. The molecule has 0 bridgehead atoms. The first-order valence-corrected chi connectivity index (χ1v) is 11.6. The third-order valence-corrected chi connectivity index (χ3v) is 6.12. The molecule has 0 aliphatic rings. The van der Waals surface area contributed by atoms with Crippen molar-refractivity contribution in [1.82, 2.24) is 10.3 Å². The van der Waals surface area contributed by atoms with Gasteiger partial charge in [-0.15, -0.1) is 0 Å². The topological polar surface area (TPSA) is 110 Å². The molecule has 4 aromatic rings. The molecule has 0 saturated heterocycles. The summed E-state index contributed by atoms with van der Waals surface area (Å²) in [6.45, 7) is 4.32. The molecule has 10 heteroatoms. The van der Waals surface area contributed by atoms with Gasteiger partial charge >= 0.3 is 0 Å². The second kappa shape index (κ2) is 10.2. The van der Waals surface area contributed by atoms with Gasteiger partial charge in [-0.25, -0.2) is 4.98 Å². The minimum Gasteiger partial charge on any atom is -0.436 e. The molecular weight excluding hydrogens is 488 g/mol. The van der Waals surface area contributed by atoms with Gasteiger partial charge in [0.05, 0.1) is 4.92 Å². The predicted octanol–water partition coefficient (Wildman–Crippen LogP) is 6.70. The summed E-state index contributed by atoms with van der Waals surface area (Å²) in [6.07, 6.45) is 1.04. The highest BCUT2D eigenvalue weighted by atomic mass is 35.5. The highest BCUT2D eigenvalue weighted by Crippen LogP contribution is 2.29. The standard InChI is InChI=1S/C25H21ClN4O4S/c1-3-14(2)15-8-10-22-20(12-15)28-24(34-22)17-5-4-6-18(11-17)27-25(35)29-23(31)16-7-9-19(26)21(13-16)30(32)33/h4-14H,3H2,1-2H3,(H2,27,29,31,35)/t14-/m0/s1. The Hall–Kier alpha value is -3.82. The Morgan fingerprint density at radius 3 is 2.74 bits per heavy atom.